The molecule has 0 bridgehead atoms. The van der Waals surface area contributed by atoms with Crippen LogP contribution in [0.25, 0.3) is 0 Å². The van der Waals surface area contributed by atoms with E-state index in [0.29, 0.717) is 12.0 Å². The Labute approximate surface area is 123 Å². The topological polar surface area (TPSA) is 62.7 Å². The molecular formula is C14H18ClN5. The minimum absolute atomic E-state index is 0.311. The molecule has 1 aromatic heterocycles. The maximum absolute atomic E-state index is 5.95. The van der Waals surface area contributed by atoms with Crippen LogP contribution in [0.3, 0.4) is 0 Å². The molecule has 2 N–H and O–H groups in total. The van der Waals surface area contributed by atoms with Crippen molar-refractivity contribution in [2.45, 2.75) is 26.3 Å². The Hall–Kier alpha value is -1.88. The Kier molecular flexibility index (Phi) is 5.12. The zero-order valence-corrected chi connectivity index (χ0v) is 12.4. The van der Waals surface area contributed by atoms with E-state index in [4.69, 9.17) is 11.6 Å². The highest BCUT2D eigenvalue weighted by atomic mass is 35.5. The number of aromatic nitrogens is 3. The van der Waals surface area contributed by atoms with Crippen molar-refractivity contribution in [2.24, 2.45) is 0 Å². The molecule has 0 saturated carbocycles. The van der Waals surface area contributed by atoms with Crippen molar-refractivity contribution >= 4 is 23.4 Å². The van der Waals surface area contributed by atoms with Gasteiger partial charge in [-0.15, -0.1) is 5.10 Å². The quantitative estimate of drug-likeness (QED) is 0.856. The highest BCUT2D eigenvalue weighted by Gasteiger charge is 2.01. The summed E-state index contributed by atoms with van der Waals surface area (Å²) < 4.78 is 0. The Morgan fingerprint density at radius 1 is 1.30 bits per heavy atom. The third-order valence-corrected chi connectivity index (χ3v) is 2.82. The summed E-state index contributed by atoms with van der Waals surface area (Å²) in [4.78, 5) is 4.34. The van der Waals surface area contributed by atoms with Crippen molar-refractivity contribution in [1.82, 2.24) is 15.2 Å². The van der Waals surface area contributed by atoms with Crippen LogP contribution in [0.4, 0.5) is 11.8 Å². The van der Waals surface area contributed by atoms with E-state index in [-0.39, 0.29) is 0 Å². The first kappa shape index (κ1) is 14.5. The van der Waals surface area contributed by atoms with Gasteiger partial charge >= 0.3 is 0 Å². The Morgan fingerprint density at radius 2 is 2.15 bits per heavy atom. The highest BCUT2D eigenvalue weighted by Crippen LogP contribution is 2.11. The summed E-state index contributed by atoms with van der Waals surface area (Å²) in [5.74, 6) is 1.25. The SMILES string of the molecule is CC(C)Nc1cnnc(NCCc2cccc(Cl)c2)n1. The summed E-state index contributed by atoms with van der Waals surface area (Å²) in [6, 6.07) is 8.13. The van der Waals surface area contributed by atoms with Gasteiger partial charge in [0.1, 0.15) is 0 Å². The Balaban J connectivity index is 1.87. The molecule has 0 unspecified atom stereocenters. The molecule has 2 rings (SSSR count). The van der Waals surface area contributed by atoms with E-state index in [9.17, 15) is 0 Å². The molecule has 0 radical (unpaired) electrons. The monoisotopic (exact) mass is 291 g/mol. The summed E-state index contributed by atoms with van der Waals surface area (Å²) in [5, 5.41) is 15.0. The van der Waals surface area contributed by atoms with Crippen LogP contribution in [0.15, 0.2) is 30.5 Å². The van der Waals surface area contributed by atoms with Gasteiger partial charge in [-0.2, -0.15) is 10.1 Å². The predicted molar refractivity (Wildman–Crippen MR) is 82.2 cm³/mol. The lowest BCUT2D eigenvalue weighted by atomic mass is 10.1. The molecule has 6 heteroatoms. The summed E-state index contributed by atoms with van der Waals surface area (Å²) in [6.45, 7) is 4.83. The molecule has 0 amide bonds. The standard InChI is InChI=1S/C14H18ClN5/c1-10(2)18-13-9-17-20-14(19-13)16-7-6-11-4-3-5-12(15)8-11/h3-5,8-10H,6-7H2,1-2H3,(H2,16,18,19,20). The second kappa shape index (κ2) is 7.05. The molecule has 0 fully saturated rings. The summed E-state index contributed by atoms with van der Waals surface area (Å²) in [6.07, 6.45) is 2.47. The van der Waals surface area contributed by atoms with Crippen molar-refractivity contribution in [3.63, 3.8) is 0 Å². The zero-order valence-electron chi connectivity index (χ0n) is 11.6. The van der Waals surface area contributed by atoms with Crippen molar-refractivity contribution in [3.05, 3.63) is 41.0 Å². The van der Waals surface area contributed by atoms with E-state index < -0.39 is 0 Å². The molecule has 106 valence electrons. The lowest BCUT2D eigenvalue weighted by Gasteiger charge is -2.09. The van der Waals surface area contributed by atoms with Gasteiger partial charge in [0.15, 0.2) is 5.82 Å². The maximum atomic E-state index is 5.95. The predicted octanol–water partition coefficient (Wildman–Crippen LogP) is 3.00. The molecule has 1 heterocycles. The fourth-order valence-electron chi connectivity index (χ4n) is 1.75. The third-order valence-electron chi connectivity index (χ3n) is 2.58. The number of hydrogen-bond acceptors (Lipinski definition) is 5. The summed E-state index contributed by atoms with van der Waals surface area (Å²) in [7, 11) is 0. The lowest BCUT2D eigenvalue weighted by molar-refractivity contribution is 0.866. The van der Waals surface area contributed by atoms with Gasteiger partial charge in [-0.1, -0.05) is 23.7 Å². The maximum Gasteiger partial charge on any atom is 0.244 e. The lowest BCUT2D eigenvalue weighted by Crippen LogP contribution is -2.14. The summed E-state index contributed by atoms with van der Waals surface area (Å²) >= 11 is 5.95. The molecule has 0 spiro atoms. The second-order valence-corrected chi connectivity index (χ2v) is 5.21. The molecule has 0 aliphatic heterocycles. The number of benzene rings is 1. The van der Waals surface area contributed by atoms with Gasteiger partial charge in [-0.3, -0.25) is 0 Å². The van der Waals surface area contributed by atoms with Crippen LogP contribution in [0, 0.1) is 0 Å². The molecule has 1 aromatic carbocycles. The first-order valence-electron chi connectivity index (χ1n) is 6.58. The van der Waals surface area contributed by atoms with Crippen LogP contribution in [-0.2, 0) is 6.42 Å². The van der Waals surface area contributed by atoms with Gasteiger partial charge in [0.25, 0.3) is 0 Å². The van der Waals surface area contributed by atoms with E-state index in [0.717, 1.165) is 23.8 Å². The molecule has 0 saturated heterocycles. The van der Waals surface area contributed by atoms with Gasteiger partial charge in [-0.05, 0) is 38.0 Å². The molecule has 0 atom stereocenters. The van der Waals surface area contributed by atoms with Crippen LogP contribution in [0.2, 0.25) is 5.02 Å². The molecule has 0 aliphatic carbocycles. The number of anilines is 2. The second-order valence-electron chi connectivity index (χ2n) is 4.77. The van der Waals surface area contributed by atoms with Crippen LogP contribution >= 0.6 is 11.6 Å². The van der Waals surface area contributed by atoms with Crippen molar-refractivity contribution in [2.75, 3.05) is 17.2 Å². The number of nitrogens with one attached hydrogen (secondary N) is 2. The normalized spacial score (nSPS) is 10.6. The first-order chi connectivity index (χ1) is 9.63. The summed E-state index contributed by atoms with van der Waals surface area (Å²) in [5.41, 5.74) is 1.18. The van der Waals surface area contributed by atoms with Crippen molar-refractivity contribution in [1.29, 1.82) is 0 Å². The Morgan fingerprint density at radius 3 is 2.90 bits per heavy atom. The van der Waals surface area contributed by atoms with Crippen molar-refractivity contribution < 1.29 is 0 Å². The smallest absolute Gasteiger partial charge is 0.244 e. The number of hydrogen-bond donors (Lipinski definition) is 2. The van der Waals surface area contributed by atoms with Gasteiger partial charge in [0, 0.05) is 17.6 Å². The highest BCUT2D eigenvalue weighted by molar-refractivity contribution is 6.30. The Bertz CT molecular complexity index is 559. The minimum atomic E-state index is 0.311. The minimum Gasteiger partial charge on any atom is -0.366 e. The molecule has 5 nitrogen and oxygen atoms in total. The average molecular weight is 292 g/mol. The average Bonchev–Trinajstić information content (AvgIpc) is 2.38. The van der Waals surface area contributed by atoms with Crippen LogP contribution in [-0.4, -0.2) is 27.8 Å². The first-order valence-corrected chi connectivity index (χ1v) is 6.96. The van der Waals surface area contributed by atoms with Gasteiger partial charge in [-0.25, -0.2) is 0 Å². The van der Waals surface area contributed by atoms with E-state index in [2.05, 4.69) is 25.8 Å². The van der Waals surface area contributed by atoms with E-state index in [1.165, 1.54) is 5.56 Å². The van der Waals surface area contributed by atoms with E-state index >= 15 is 0 Å². The fourth-order valence-corrected chi connectivity index (χ4v) is 1.97. The van der Waals surface area contributed by atoms with Gasteiger partial charge in [0.05, 0.1) is 6.20 Å². The van der Waals surface area contributed by atoms with E-state index in [1.807, 2.05) is 38.1 Å². The van der Waals surface area contributed by atoms with Crippen molar-refractivity contribution in [3.8, 4) is 0 Å². The fraction of sp³-hybridized carbons (Fsp3) is 0.357. The number of halogens is 1. The molecule has 2 aromatic rings. The van der Waals surface area contributed by atoms with Crippen LogP contribution in [0.1, 0.15) is 19.4 Å². The van der Waals surface area contributed by atoms with Crippen LogP contribution in [0.5, 0.6) is 0 Å². The number of rotatable bonds is 6. The largest absolute Gasteiger partial charge is 0.366 e. The third kappa shape index (κ3) is 4.66. The molecular weight excluding hydrogens is 274 g/mol. The molecule has 20 heavy (non-hydrogen) atoms. The zero-order chi connectivity index (χ0) is 14.4. The van der Waals surface area contributed by atoms with Gasteiger partial charge < -0.3 is 10.6 Å². The molecule has 0 aliphatic rings. The van der Waals surface area contributed by atoms with E-state index in [1.54, 1.807) is 6.20 Å². The van der Waals surface area contributed by atoms with Crippen LogP contribution < -0.4 is 10.6 Å². The van der Waals surface area contributed by atoms with Gasteiger partial charge in [0.2, 0.25) is 5.95 Å². The number of nitrogens with zero attached hydrogens (tertiary/aromatic N) is 3.